The third-order valence-corrected chi connectivity index (χ3v) is 3.60. The fraction of sp³-hybridized carbons (Fsp3) is 0.600. The van der Waals surface area contributed by atoms with E-state index < -0.39 is 0 Å². The van der Waals surface area contributed by atoms with Crippen LogP contribution in [-0.4, -0.2) is 25.8 Å². The van der Waals surface area contributed by atoms with Crippen molar-refractivity contribution in [1.82, 2.24) is 5.32 Å². The molecule has 0 amide bonds. The zero-order chi connectivity index (χ0) is 13.3. The van der Waals surface area contributed by atoms with Crippen molar-refractivity contribution in [2.75, 3.05) is 20.3 Å². The van der Waals surface area contributed by atoms with Crippen molar-refractivity contribution in [3.05, 3.63) is 28.8 Å². The minimum atomic E-state index is 0.0590. The average Bonchev–Trinajstić information content (AvgIpc) is 2.32. The predicted molar refractivity (Wildman–Crippen MR) is 73.2 cm³/mol. The second-order valence-corrected chi connectivity index (χ2v) is 5.74. The second-order valence-electron chi connectivity index (χ2n) is 5.74. The smallest absolute Gasteiger partial charge is 0.125 e. The van der Waals surface area contributed by atoms with Gasteiger partial charge in [0.1, 0.15) is 5.75 Å². The van der Waals surface area contributed by atoms with E-state index in [1.807, 2.05) is 0 Å². The minimum Gasteiger partial charge on any atom is -0.496 e. The van der Waals surface area contributed by atoms with Crippen molar-refractivity contribution in [3.8, 4) is 5.75 Å². The highest BCUT2D eigenvalue weighted by Crippen LogP contribution is 2.32. The lowest BCUT2D eigenvalue weighted by atomic mass is 9.98. The number of ether oxygens (including phenoxy) is 2. The number of nitrogens with one attached hydrogen (secondary N) is 1. The van der Waals surface area contributed by atoms with Crippen LogP contribution in [0.5, 0.6) is 5.75 Å². The molecule has 2 rings (SSSR count). The lowest BCUT2D eigenvalue weighted by Gasteiger charge is -2.36. The number of hydrogen-bond donors (Lipinski definition) is 1. The van der Waals surface area contributed by atoms with Crippen molar-refractivity contribution >= 4 is 0 Å². The van der Waals surface area contributed by atoms with Gasteiger partial charge in [0.25, 0.3) is 0 Å². The predicted octanol–water partition coefficient (Wildman–Crippen LogP) is 2.75. The molecule has 1 aliphatic heterocycles. The molecule has 1 atom stereocenters. The van der Waals surface area contributed by atoms with Gasteiger partial charge in [0.05, 0.1) is 19.8 Å². The van der Waals surface area contributed by atoms with Gasteiger partial charge in [0.2, 0.25) is 0 Å². The first kappa shape index (κ1) is 13.4. The summed E-state index contributed by atoms with van der Waals surface area (Å²) in [6.45, 7) is 10.1. The summed E-state index contributed by atoms with van der Waals surface area (Å²) >= 11 is 0. The Kier molecular flexibility index (Phi) is 3.64. The molecule has 0 aliphatic carbocycles. The highest BCUT2D eigenvalue weighted by Gasteiger charge is 2.29. The Morgan fingerprint density at radius 3 is 2.50 bits per heavy atom. The Bertz CT molecular complexity index is 430. The summed E-state index contributed by atoms with van der Waals surface area (Å²) in [4.78, 5) is 0. The zero-order valence-corrected chi connectivity index (χ0v) is 12.0. The van der Waals surface area contributed by atoms with E-state index >= 15 is 0 Å². The number of morpholine rings is 1. The van der Waals surface area contributed by atoms with Gasteiger partial charge >= 0.3 is 0 Å². The number of methoxy groups -OCH3 is 1. The number of benzene rings is 1. The Morgan fingerprint density at radius 1 is 1.28 bits per heavy atom. The van der Waals surface area contributed by atoms with Crippen LogP contribution < -0.4 is 10.1 Å². The molecule has 0 spiro atoms. The first-order valence-corrected chi connectivity index (χ1v) is 6.45. The fourth-order valence-electron chi connectivity index (χ4n) is 2.23. The van der Waals surface area contributed by atoms with Gasteiger partial charge in [-0.2, -0.15) is 0 Å². The van der Waals surface area contributed by atoms with Crippen LogP contribution in [0.3, 0.4) is 0 Å². The monoisotopic (exact) mass is 249 g/mol. The van der Waals surface area contributed by atoms with E-state index in [1.54, 1.807) is 7.11 Å². The normalized spacial score (nSPS) is 22.8. The summed E-state index contributed by atoms with van der Waals surface area (Å²) < 4.78 is 11.5. The molecular weight excluding hydrogens is 226 g/mol. The van der Waals surface area contributed by atoms with Gasteiger partial charge in [0.15, 0.2) is 0 Å². The summed E-state index contributed by atoms with van der Waals surface area (Å²) in [6.07, 6.45) is 0.0762. The van der Waals surface area contributed by atoms with Crippen LogP contribution in [0.15, 0.2) is 12.1 Å². The summed E-state index contributed by atoms with van der Waals surface area (Å²) in [5, 5.41) is 3.51. The molecule has 18 heavy (non-hydrogen) atoms. The highest BCUT2D eigenvalue weighted by atomic mass is 16.5. The first-order valence-electron chi connectivity index (χ1n) is 6.45. The molecule has 0 aromatic heterocycles. The largest absolute Gasteiger partial charge is 0.496 e. The Balaban J connectivity index is 2.26. The van der Waals surface area contributed by atoms with Crippen molar-refractivity contribution in [3.63, 3.8) is 0 Å². The summed E-state index contributed by atoms with van der Waals surface area (Å²) in [7, 11) is 1.72. The summed E-state index contributed by atoms with van der Waals surface area (Å²) in [5.41, 5.74) is 3.73. The highest BCUT2D eigenvalue weighted by molar-refractivity contribution is 5.43. The van der Waals surface area contributed by atoms with E-state index in [-0.39, 0.29) is 11.6 Å². The molecule has 1 unspecified atom stereocenters. The van der Waals surface area contributed by atoms with Crippen LogP contribution in [0, 0.1) is 13.8 Å². The van der Waals surface area contributed by atoms with E-state index in [0.717, 1.165) is 17.9 Å². The molecule has 0 saturated carbocycles. The topological polar surface area (TPSA) is 30.5 Å². The fourth-order valence-corrected chi connectivity index (χ4v) is 2.23. The number of rotatable bonds is 2. The van der Waals surface area contributed by atoms with Crippen LogP contribution >= 0.6 is 0 Å². The third kappa shape index (κ3) is 2.68. The molecule has 1 aliphatic rings. The molecule has 100 valence electrons. The van der Waals surface area contributed by atoms with Crippen LogP contribution in [0.25, 0.3) is 0 Å². The van der Waals surface area contributed by atoms with Gasteiger partial charge in [-0.05, 0) is 51.0 Å². The molecule has 1 aromatic rings. The minimum absolute atomic E-state index is 0.0590. The van der Waals surface area contributed by atoms with E-state index in [2.05, 4.69) is 45.1 Å². The molecule has 1 fully saturated rings. The second kappa shape index (κ2) is 4.90. The molecule has 1 saturated heterocycles. The molecule has 3 heteroatoms. The van der Waals surface area contributed by atoms with Gasteiger partial charge in [-0.25, -0.2) is 0 Å². The summed E-state index contributed by atoms with van der Waals surface area (Å²) in [5.74, 6) is 0.921. The van der Waals surface area contributed by atoms with Crippen molar-refractivity contribution in [1.29, 1.82) is 0 Å². The van der Waals surface area contributed by atoms with E-state index in [4.69, 9.17) is 9.47 Å². The molecule has 1 N–H and O–H groups in total. The zero-order valence-electron chi connectivity index (χ0n) is 12.0. The maximum absolute atomic E-state index is 5.97. The van der Waals surface area contributed by atoms with E-state index in [1.165, 1.54) is 11.1 Å². The number of aryl methyl sites for hydroxylation is 2. The molecule has 1 aromatic carbocycles. The first-order chi connectivity index (χ1) is 8.43. The third-order valence-electron chi connectivity index (χ3n) is 3.60. The average molecular weight is 249 g/mol. The van der Waals surface area contributed by atoms with Crippen LogP contribution in [0.1, 0.15) is 36.6 Å². The molecular formula is C15H23NO2. The molecule has 3 nitrogen and oxygen atoms in total. The van der Waals surface area contributed by atoms with Crippen LogP contribution in [0.4, 0.5) is 0 Å². The maximum Gasteiger partial charge on any atom is 0.125 e. The molecule has 0 bridgehead atoms. The van der Waals surface area contributed by atoms with Crippen molar-refractivity contribution < 1.29 is 9.47 Å². The lowest BCUT2D eigenvalue weighted by molar-refractivity contribution is -0.0238. The summed E-state index contributed by atoms with van der Waals surface area (Å²) in [6, 6.07) is 4.27. The maximum atomic E-state index is 5.97. The van der Waals surface area contributed by atoms with Gasteiger partial charge in [-0.1, -0.05) is 0 Å². The Hall–Kier alpha value is -1.06. The van der Waals surface area contributed by atoms with Crippen molar-refractivity contribution in [2.45, 2.75) is 39.3 Å². The molecule has 1 heterocycles. The lowest BCUT2D eigenvalue weighted by Crippen LogP contribution is -2.50. The van der Waals surface area contributed by atoms with Crippen molar-refractivity contribution in [2.24, 2.45) is 0 Å². The van der Waals surface area contributed by atoms with E-state index in [0.29, 0.717) is 6.61 Å². The van der Waals surface area contributed by atoms with Gasteiger partial charge in [0, 0.05) is 17.6 Å². The number of hydrogen-bond acceptors (Lipinski definition) is 3. The van der Waals surface area contributed by atoms with Gasteiger partial charge < -0.3 is 14.8 Å². The SMILES string of the molecule is COc1cc(C)c(C)cc1C1CNC(C)(C)CO1. The standard InChI is InChI=1S/C15H23NO2/c1-10-6-12(13(17-5)7-11(10)2)14-8-16-15(3,4)9-18-14/h6-7,14,16H,8-9H2,1-5H3. The Morgan fingerprint density at radius 2 is 1.94 bits per heavy atom. The quantitative estimate of drug-likeness (QED) is 0.874. The Labute approximate surface area is 109 Å². The van der Waals surface area contributed by atoms with Gasteiger partial charge in [-0.3, -0.25) is 0 Å². The van der Waals surface area contributed by atoms with Crippen LogP contribution in [0.2, 0.25) is 0 Å². The van der Waals surface area contributed by atoms with Crippen LogP contribution in [-0.2, 0) is 4.74 Å². The van der Waals surface area contributed by atoms with Gasteiger partial charge in [-0.15, -0.1) is 0 Å². The van der Waals surface area contributed by atoms with E-state index in [9.17, 15) is 0 Å². The molecule has 0 radical (unpaired) electrons.